The molecule has 30 heavy (non-hydrogen) atoms. The van der Waals surface area contributed by atoms with Crippen LogP contribution >= 0.6 is 0 Å². The maximum atomic E-state index is 12.5. The number of phenols is 1. The van der Waals surface area contributed by atoms with Gasteiger partial charge < -0.3 is 39.4 Å². The molecule has 1 saturated heterocycles. The van der Waals surface area contributed by atoms with Crippen molar-refractivity contribution in [1.82, 2.24) is 0 Å². The minimum absolute atomic E-state index is 0.0806. The number of aliphatic hydroxyl groups excluding tert-OH is 4. The number of phenolic OH excluding ortho intramolecular Hbond substituents is 1. The molecule has 2 aromatic carbocycles. The summed E-state index contributed by atoms with van der Waals surface area (Å²) in [6, 6.07) is 11.9. The van der Waals surface area contributed by atoms with Crippen LogP contribution in [0.15, 0.2) is 57.7 Å². The fourth-order valence-corrected chi connectivity index (χ4v) is 3.28. The van der Waals surface area contributed by atoms with Crippen molar-refractivity contribution in [2.75, 3.05) is 6.61 Å². The Labute approximate surface area is 170 Å². The van der Waals surface area contributed by atoms with E-state index in [1.807, 2.05) is 0 Å². The minimum atomic E-state index is -1.57. The molecule has 0 aliphatic carbocycles. The molecule has 158 valence electrons. The number of aromatic hydroxyl groups is 1. The average Bonchev–Trinajstić information content (AvgIpc) is 2.74. The second-order valence-corrected chi connectivity index (χ2v) is 6.99. The molecule has 0 saturated carbocycles. The summed E-state index contributed by atoms with van der Waals surface area (Å²) in [5.74, 6) is 0.549. The van der Waals surface area contributed by atoms with Gasteiger partial charge in [-0.05, 0) is 36.4 Å². The summed E-state index contributed by atoms with van der Waals surface area (Å²) in [6.07, 6.45) is -7.08. The van der Waals surface area contributed by atoms with E-state index in [1.54, 1.807) is 12.1 Å². The van der Waals surface area contributed by atoms with E-state index in [2.05, 4.69) is 0 Å². The molecule has 9 heteroatoms. The zero-order chi connectivity index (χ0) is 21.4. The van der Waals surface area contributed by atoms with E-state index < -0.39 is 37.3 Å². The van der Waals surface area contributed by atoms with Gasteiger partial charge in [0.25, 0.3) is 0 Å². The topological polar surface area (TPSA) is 150 Å². The molecule has 3 aromatic rings. The van der Waals surface area contributed by atoms with Gasteiger partial charge >= 0.3 is 0 Å². The van der Waals surface area contributed by atoms with E-state index in [4.69, 9.17) is 13.9 Å². The number of aliphatic hydroxyl groups is 4. The third-order valence-corrected chi connectivity index (χ3v) is 4.95. The fraction of sp³-hybridized carbons (Fsp3) is 0.286. The second kappa shape index (κ2) is 8.05. The van der Waals surface area contributed by atoms with Gasteiger partial charge in [0.05, 0.1) is 12.0 Å². The van der Waals surface area contributed by atoms with Gasteiger partial charge in [0.2, 0.25) is 6.29 Å². The van der Waals surface area contributed by atoms with Crippen molar-refractivity contribution in [3.05, 3.63) is 58.8 Å². The van der Waals surface area contributed by atoms with Gasteiger partial charge in [0.1, 0.15) is 47.3 Å². The van der Waals surface area contributed by atoms with Crippen LogP contribution in [-0.4, -0.2) is 62.8 Å². The molecule has 1 aromatic heterocycles. The van der Waals surface area contributed by atoms with Gasteiger partial charge in [0.15, 0.2) is 5.43 Å². The molecule has 5 atom stereocenters. The highest BCUT2D eigenvalue weighted by molar-refractivity contribution is 5.80. The predicted octanol–water partition coefficient (Wildman–Crippen LogP) is 0.344. The van der Waals surface area contributed by atoms with Gasteiger partial charge in [-0.15, -0.1) is 0 Å². The SMILES string of the molecule is O=c1cc(-c2ccc(O)cc2)oc2cc(OC3O[C@H](CO)[C@@H](O)[C@H](O)[C@H]3O)ccc12. The Morgan fingerprint density at radius 1 is 0.933 bits per heavy atom. The summed E-state index contributed by atoms with van der Waals surface area (Å²) in [4.78, 5) is 12.5. The van der Waals surface area contributed by atoms with Crippen LogP contribution in [0.2, 0.25) is 0 Å². The molecule has 1 unspecified atom stereocenters. The summed E-state index contributed by atoms with van der Waals surface area (Å²) >= 11 is 0. The van der Waals surface area contributed by atoms with Crippen LogP contribution in [0.4, 0.5) is 0 Å². The Morgan fingerprint density at radius 2 is 1.67 bits per heavy atom. The largest absolute Gasteiger partial charge is 0.508 e. The molecule has 0 bridgehead atoms. The smallest absolute Gasteiger partial charge is 0.229 e. The molecule has 2 heterocycles. The molecule has 0 radical (unpaired) electrons. The van der Waals surface area contributed by atoms with Gasteiger partial charge in [-0.2, -0.15) is 0 Å². The van der Waals surface area contributed by atoms with E-state index >= 15 is 0 Å². The first-order chi connectivity index (χ1) is 14.4. The van der Waals surface area contributed by atoms with E-state index in [0.717, 1.165) is 0 Å². The zero-order valence-electron chi connectivity index (χ0n) is 15.6. The summed E-state index contributed by atoms with van der Waals surface area (Å²) in [5.41, 5.74) is 0.526. The maximum absolute atomic E-state index is 12.5. The van der Waals surface area contributed by atoms with Crippen LogP contribution in [0.1, 0.15) is 0 Å². The summed E-state index contributed by atoms with van der Waals surface area (Å²) in [7, 11) is 0. The molecule has 9 nitrogen and oxygen atoms in total. The number of benzene rings is 2. The number of ether oxygens (including phenoxy) is 2. The molecule has 1 aliphatic rings. The van der Waals surface area contributed by atoms with Crippen LogP contribution in [0.25, 0.3) is 22.3 Å². The maximum Gasteiger partial charge on any atom is 0.229 e. The molecule has 1 aliphatic heterocycles. The number of rotatable bonds is 4. The average molecular weight is 416 g/mol. The molecule has 4 rings (SSSR count). The van der Waals surface area contributed by atoms with Crippen molar-refractivity contribution < 1.29 is 39.4 Å². The number of fused-ring (bicyclic) bond motifs is 1. The first-order valence-corrected chi connectivity index (χ1v) is 9.22. The normalized spacial score (nSPS) is 26.6. The van der Waals surface area contributed by atoms with Crippen molar-refractivity contribution in [2.45, 2.75) is 30.7 Å². The van der Waals surface area contributed by atoms with Crippen LogP contribution in [0.3, 0.4) is 0 Å². The van der Waals surface area contributed by atoms with Crippen LogP contribution in [0.5, 0.6) is 11.5 Å². The number of hydrogen-bond acceptors (Lipinski definition) is 9. The van der Waals surface area contributed by atoms with Crippen LogP contribution in [0, 0.1) is 0 Å². The van der Waals surface area contributed by atoms with Crippen molar-refractivity contribution in [1.29, 1.82) is 0 Å². The summed E-state index contributed by atoms with van der Waals surface area (Å²) in [5, 5.41) is 48.9. The zero-order valence-corrected chi connectivity index (χ0v) is 15.6. The Kier molecular flexibility index (Phi) is 5.46. The molecular weight excluding hydrogens is 396 g/mol. The lowest BCUT2D eigenvalue weighted by molar-refractivity contribution is -0.277. The van der Waals surface area contributed by atoms with Gasteiger partial charge in [-0.3, -0.25) is 4.79 Å². The highest BCUT2D eigenvalue weighted by Crippen LogP contribution is 2.28. The molecule has 0 spiro atoms. The monoisotopic (exact) mass is 416 g/mol. The van der Waals surface area contributed by atoms with E-state index in [0.29, 0.717) is 10.9 Å². The van der Waals surface area contributed by atoms with Crippen molar-refractivity contribution in [2.24, 2.45) is 0 Å². The Hall–Kier alpha value is -2.95. The Balaban J connectivity index is 1.65. The van der Waals surface area contributed by atoms with Crippen molar-refractivity contribution >= 4 is 11.0 Å². The fourth-order valence-electron chi connectivity index (χ4n) is 3.28. The van der Waals surface area contributed by atoms with Gasteiger partial charge in [-0.1, -0.05) is 0 Å². The Bertz CT molecular complexity index is 1090. The lowest BCUT2D eigenvalue weighted by atomic mass is 9.99. The van der Waals surface area contributed by atoms with Gasteiger partial charge in [-0.25, -0.2) is 0 Å². The lowest BCUT2D eigenvalue weighted by Gasteiger charge is -2.39. The third kappa shape index (κ3) is 3.76. The van der Waals surface area contributed by atoms with Crippen molar-refractivity contribution in [3.63, 3.8) is 0 Å². The lowest BCUT2D eigenvalue weighted by Crippen LogP contribution is -2.60. The summed E-state index contributed by atoms with van der Waals surface area (Å²) < 4.78 is 16.7. The minimum Gasteiger partial charge on any atom is -0.508 e. The second-order valence-electron chi connectivity index (χ2n) is 6.99. The molecule has 1 fully saturated rings. The Morgan fingerprint density at radius 3 is 2.37 bits per heavy atom. The first-order valence-electron chi connectivity index (χ1n) is 9.22. The van der Waals surface area contributed by atoms with Gasteiger partial charge in [0, 0.05) is 17.7 Å². The summed E-state index contributed by atoms with van der Waals surface area (Å²) in [6.45, 7) is -0.576. The third-order valence-electron chi connectivity index (χ3n) is 4.95. The quantitative estimate of drug-likeness (QED) is 0.406. The molecule has 0 amide bonds. The standard InChI is InChI=1S/C21H20O9/c22-9-17-18(25)19(26)20(27)21(30-17)28-12-5-6-13-14(24)8-15(29-16(13)7-12)10-1-3-11(23)4-2-10/h1-8,17-23,25-27H,9H2/t17-,18-,19+,20-,21?/m1/s1. The highest BCUT2D eigenvalue weighted by Gasteiger charge is 2.44. The molecule has 5 N–H and O–H groups in total. The van der Waals surface area contributed by atoms with Crippen LogP contribution in [-0.2, 0) is 4.74 Å². The van der Waals surface area contributed by atoms with E-state index in [1.165, 1.54) is 36.4 Å². The predicted molar refractivity (Wildman–Crippen MR) is 104 cm³/mol. The van der Waals surface area contributed by atoms with E-state index in [9.17, 15) is 30.3 Å². The number of hydrogen-bond donors (Lipinski definition) is 5. The first kappa shape index (κ1) is 20.3. The van der Waals surface area contributed by atoms with Crippen LogP contribution < -0.4 is 10.2 Å². The molecular formula is C21H20O9. The highest BCUT2D eigenvalue weighted by atomic mass is 16.7. The van der Waals surface area contributed by atoms with E-state index in [-0.39, 0.29) is 28.3 Å². The van der Waals surface area contributed by atoms with Crippen molar-refractivity contribution in [3.8, 4) is 22.8 Å².